The van der Waals surface area contributed by atoms with Gasteiger partial charge in [-0.1, -0.05) is 24.3 Å². The molecule has 8 heteroatoms. The first-order chi connectivity index (χ1) is 14.0. The van der Waals surface area contributed by atoms with E-state index in [0.29, 0.717) is 5.52 Å². The molecule has 4 aromatic rings. The molecule has 0 radical (unpaired) electrons. The summed E-state index contributed by atoms with van der Waals surface area (Å²) in [5.41, 5.74) is 0.798. The van der Waals surface area contributed by atoms with E-state index in [9.17, 15) is 18.4 Å². The van der Waals surface area contributed by atoms with E-state index in [-0.39, 0.29) is 22.4 Å². The van der Waals surface area contributed by atoms with Crippen molar-refractivity contribution >= 4 is 33.7 Å². The van der Waals surface area contributed by atoms with Gasteiger partial charge in [-0.05, 0) is 41.1 Å². The number of hydrogen-bond acceptors (Lipinski definition) is 5. The molecule has 1 aromatic heterocycles. The van der Waals surface area contributed by atoms with Crippen LogP contribution in [0.4, 0.5) is 8.78 Å². The maximum Gasteiger partial charge on any atom is 0.343 e. The Morgan fingerprint density at radius 3 is 2.41 bits per heavy atom. The molecule has 146 valence electrons. The van der Waals surface area contributed by atoms with Crippen LogP contribution in [0.5, 0.6) is 5.75 Å². The van der Waals surface area contributed by atoms with Gasteiger partial charge in [0.05, 0.1) is 23.7 Å². The summed E-state index contributed by atoms with van der Waals surface area (Å²) >= 11 is 0. The van der Waals surface area contributed by atoms with Crippen LogP contribution in [0.15, 0.2) is 54.6 Å². The second-order valence-electron chi connectivity index (χ2n) is 6.23. The number of nitrogens with one attached hydrogen (secondary N) is 1. The van der Waals surface area contributed by atoms with E-state index < -0.39 is 24.2 Å². The number of imidazole rings is 1. The summed E-state index contributed by atoms with van der Waals surface area (Å²) in [4.78, 5) is 31.0. The average molecular weight is 396 g/mol. The quantitative estimate of drug-likeness (QED) is 0.401. The van der Waals surface area contributed by atoms with Gasteiger partial charge in [0.1, 0.15) is 11.3 Å². The third kappa shape index (κ3) is 3.52. The molecule has 3 aromatic carbocycles. The minimum atomic E-state index is -2.75. The van der Waals surface area contributed by atoms with Crippen molar-refractivity contribution in [2.75, 3.05) is 7.11 Å². The normalized spacial score (nSPS) is 11.2. The molecule has 0 atom stereocenters. The molecule has 0 aliphatic rings. The van der Waals surface area contributed by atoms with Gasteiger partial charge in [0.25, 0.3) is 6.43 Å². The van der Waals surface area contributed by atoms with Crippen molar-refractivity contribution in [1.29, 1.82) is 0 Å². The monoisotopic (exact) mass is 396 g/mol. The van der Waals surface area contributed by atoms with E-state index in [2.05, 4.69) is 9.97 Å². The van der Waals surface area contributed by atoms with Crippen molar-refractivity contribution in [2.24, 2.45) is 0 Å². The van der Waals surface area contributed by atoms with Gasteiger partial charge in [-0.2, -0.15) is 0 Å². The van der Waals surface area contributed by atoms with Crippen LogP contribution < -0.4 is 4.74 Å². The smallest absolute Gasteiger partial charge is 0.343 e. The van der Waals surface area contributed by atoms with E-state index in [4.69, 9.17) is 9.47 Å². The van der Waals surface area contributed by atoms with E-state index in [1.807, 2.05) is 24.3 Å². The number of methoxy groups -OCH3 is 1. The highest BCUT2D eigenvalue weighted by Crippen LogP contribution is 2.28. The molecule has 1 heterocycles. The molecule has 0 fully saturated rings. The fourth-order valence-corrected chi connectivity index (χ4v) is 2.99. The predicted octanol–water partition coefficient (Wildman–Crippen LogP) is 4.66. The number of fused-ring (bicyclic) bond motifs is 2. The van der Waals surface area contributed by atoms with E-state index in [0.717, 1.165) is 10.8 Å². The number of ether oxygens (including phenoxy) is 2. The third-order valence-corrected chi connectivity index (χ3v) is 4.40. The molecule has 0 amide bonds. The molecule has 4 rings (SSSR count). The number of benzene rings is 3. The summed E-state index contributed by atoms with van der Waals surface area (Å²) in [6, 6.07) is 14.7. The summed E-state index contributed by atoms with van der Waals surface area (Å²) in [7, 11) is 1.23. The number of nitrogens with zero attached hydrogens (tertiary/aromatic N) is 1. The molecular weight excluding hydrogens is 382 g/mol. The van der Waals surface area contributed by atoms with Gasteiger partial charge < -0.3 is 14.5 Å². The van der Waals surface area contributed by atoms with E-state index >= 15 is 0 Å². The summed E-state index contributed by atoms with van der Waals surface area (Å²) in [5, 5.41) is 1.56. The van der Waals surface area contributed by atoms with Crippen LogP contribution in [-0.4, -0.2) is 29.0 Å². The highest BCUT2D eigenvalue weighted by Gasteiger charge is 2.19. The fraction of sp³-hybridized carbons (Fsp3) is 0.0952. The van der Waals surface area contributed by atoms with Gasteiger partial charge in [0.2, 0.25) is 0 Å². The van der Waals surface area contributed by atoms with Gasteiger partial charge in [-0.15, -0.1) is 0 Å². The van der Waals surface area contributed by atoms with Crippen molar-refractivity contribution in [3.63, 3.8) is 0 Å². The van der Waals surface area contributed by atoms with Crippen molar-refractivity contribution in [2.45, 2.75) is 6.43 Å². The zero-order valence-corrected chi connectivity index (χ0v) is 15.1. The molecule has 0 spiro atoms. The number of aromatic amines is 1. The third-order valence-electron chi connectivity index (χ3n) is 4.40. The largest absolute Gasteiger partial charge is 0.465 e. The van der Waals surface area contributed by atoms with Gasteiger partial charge >= 0.3 is 11.9 Å². The molecule has 29 heavy (non-hydrogen) atoms. The lowest BCUT2D eigenvalue weighted by atomic mass is 10.1. The second-order valence-corrected chi connectivity index (χ2v) is 6.23. The molecule has 1 N–H and O–H groups in total. The van der Waals surface area contributed by atoms with Crippen LogP contribution >= 0.6 is 0 Å². The van der Waals surface area contributed by atoms with Crippen molar-refractivity contribution in [3.05, 3.63) is 71.5 Å². The van der Waals surface area contributed by atoms with Crippen LogP contribution in [-0.2, 0) is 4.74 Å². The maximum atomic E-state index is 12.8. The molecule has 0 aliphatic carbocycles. The Labute approximate surface area is 163 Å². The molecule has 0 saturated carbocycles. The summed E-state index contributed by atoms with van der Waals surface area (Å²) in [6.07, 6.45) is -2.75. The van der Waals surface area contributed by atoms with Crippen molar-refractivity contribution in [1.82, 2.24) is 9.97 Å². The number of aromatic nitrogens is 2. The Hall–Kier alpha value is -3.81. The molecule has 0 aliphatic heterocycles. The number of alkyl halides is 2. The minimum Gasteiger partial charge on any atom is -0.465 e. The molecule has 0 saturated heterocycles. The van der Waals surface area contributed by atoms with Crippen LogP contribution in [0.1, 0.15) is 33.0 Å². The average Bonchev–Trinajstić information content (AvgIpc) is 3.16. The Morgan fingerprint density at radius 1 is 1.00 bits per heavy atom. The molecule has 0 unspecified atom stereocenters. The number of carbonyl (C=O) groups excluding carboxylic acids is 2. The lowest BCUT2D eigenvalue weighted by molar-refractivity contribution is 0.0593. The highest BCUT2D eigenvalue weighted by molar-refractivity contribution is 6.01. The molecular formula is C21H14F2N2O4. The van der Waals surface area contributed by atoms with Crippen LogP contribution in [0.25, 0.3) is 21.8 Å². The summed E-state index contributed by atoms with van der Waals surface area (Å²) in [6.45, 7) is 0. The number of H-pyrrole nitrogens is 1. The summed E-state index contributed by atoms with van der Waals surface area (Å²) in [5.74, 6) is -1.84. The highest BCUT2D eigenvalue weighted by atomic mass is 19.3. The summed E-state index contributed by atoms with van der Waals surface area (Å²) < 4.78 is 35.8. The lowest BCUT2D eigenvalue weighted by Crippen LogP contribution is -2.12. The van der Waals surface area contributed by atoms with Gasteiger partial charge in [0, 0.05) is 0 Å². The van der Waals surface area contributed by atoms with Crippen LogP contribution in [0.3, 0.4) is 0 Å². The maximum absolute atomic E-state index is 12.8. The number of hydrogen-bond donors (Lipinski definition) is 1. The SMILES string of the molecule is COC(=O)c1cc2ccccc2cc1OC(=O)c1ccc2nc(C(F)F)[nH]c2c1. The van der Waals surface area contributed by atoms with Crippen LogP contribution in [0.2, 0.25) is 0 Å². The van der Waals surface area contributed by atoms with Crippen molar-refractivity contribution in [3.8, 4) is 5.75 Å². The Balaban J connectivity index is 1.71. The van der Waals surface area contributed by atoms with Crippen LogP contribution in [0, 0.1) is 0 Å². The Morgan fingerprint density at radius 2 is 1.72 bits per heavy atom. The first-order valence-electron chi connectivity index (χ1n) is 8.57. The number of esters is 2. The fourth-order valence-electron chi connectivity index (χ4n) is 2.99. The van der Waals surface area contributed by atoms with Gasteiger partial charge in [-0.25, -0.2) is 23.4 Å². The van der Waals surface area contributed by atoms with Crippen molar-refractivity contribution < 1.29 is 27.8 Å². The second kappa shape index (κ2) is 7.31. The first-order valence-corrected chi connectivity index (χ1v) is 8.57. The standard InChI is InChI=1S/C21H14F2N2O4/c1-28-21(27)14-8-11-4-2-3-5-12(11)10-17(14)29-20(26)13-6-7-15-16(9-13)25-19(24-15)18(22)23/h2-10,18H,1H3,(H,24,25). The number of rotatable bonds is 4. The number of carbonyl (C=O) groups is 2. The molecule has 0 bridgehead atoms. The van der Waals surface area contributed by atoms with E-state index in [1.165, 1.54) is 25.3 Å². The Bertz CT molecular complexity index is 1250. The predicted molar refractivity (Wildman–Crippen MR) is 101 cm³/mol. The topological polar surface area (TPSA) is 81.3 Å². The Kier molecular flexibility index (Phi) is 4.67. The zero-order valence-electron chi connectivity index (χ0n) is 15.1. The zero-order chi connectivity index (χ0) is 20.5. The number of halogens is 2. The van der Waals surface area contributed by atoms with Gasteiger partial charge in [-0.3, -0.25) is 0 Å². The lowest BCUT2D eigenvalue weighted by Gasteiger charge is -2.11. The van der Waals surface area contributed by atoms with Gasteiger partial charge in [0.15, 0.2) is 5.82 Å². The first kappa shape index (κ1) is 18.5. The van der Waals surface area contributed by atoms with E-state index in [1.54, 1.807) is 12.1 Å². The minimum absolute atomic E-state index is 0.0403. The molecule has 6 nitrogen and oxygen atoms in total.